The fraction of sp³-hybridized carbons (Fsp3) is 0.0769. The summed E-state index contributed by atoms with van der Waals surface area (Å²) in [5.74, 6) is 0. The molecular weight excluding hydrogens is 213 g/mol. The van der Waals surface area contributed by atoms with Gasteiger partial charge in [-0.25, -0.2) is 0 Å². The second kappa shape index (κ2) is 3.83. The van der Waals surface area contributed by atoms with Gasteiger partial charge in [0.15, 0.2) is 0 Å². The van der Waals surface area contributed by atoms with Gasteiger partial charge in [-0.05, 0) is 28.5 Å². The number of hydrogen-bond acceptors (Lipinski definition) is 2. The maximum absolute atomic E-state index is 3.54. The van der Waals surface area contributed by atoms with E-state index in [2.05, 4.69) is 59.9 Å². The molecule has 1 aromatic carbocycles. The fourth-order valence-corrected chi connectivity index (χ4v) is 2.92. The van der Waals surface area contributed by atoms with Crippen LogP contribution in [0.3, 0.4) is 0 Å². The molecule has 2 aromatic rings. The smallest absolute Gasteiger partial charge is 0.284 e. The van der Waals surface area contributed by atoms with Gasteiger partial charge in [-0.1, -0.05) is 37.2 Å². The topological polar surface area (TPSA) is 12.0 Å². The molecule has 0 spiro atoms. The molecule has 16 heavy (non-hydrogen) atoms. The van der Waals surface area contributed by atoms with E-state index in [0.717, 1.165) is 0 Å². The van der Waals surface area contributed by atoms with Crippen molar-refractivity contribution in [1.82, 2.24) is 0 Å². The third-order valence-corrected chi connectivity index (χ3v) is 3.83. The third kappa shape index (κ3) is 1.57. The largest absolute Gasteiger partial charge is 0.424 e. The van der Waals surface area contributed by atoms with E-state index in [0.29, 0.717) is 6.85 Å². The van der Waals surface area contributed by atoms with Crippen LogP contribution >= 0.6 is 11.3 Å². The Bertz CT molecular complexity index is 531. The Morgan fingerprint density at radius 2 is 2.00 bits per heavy atom. The van der Waals surface area contributed by atoms with Crippen molar-refractivity contribution in [3.8, 4) is 0 Å². The minimum absolute atomic E-state index is 0.383. The molecule has 0 aliphatic carbocycles. The molecule has 0 amide bonds. The highest BCUT2D eigenvalue weighted by Crippen LogP contribution is 2.32. The highest BCUT2D eigenvalue weighted by Gasteiger charge is 2.21. The summed E-state index contributed by atoms with van der Waals surface area (Å²) in [6.45, 7) is 2.59. The quantitative estimate of drug-likeness (QED) is 0.726. The van der Waals surface area contributed by atoms with E-state index < -0.39 is 0 Å². The van der Waals surface area contributed by atoms with Crippen molar-refractivity contribution in [3.05, 3.63) is 52.2 Å². The first-order valence-corrected chi connectivity index (χ1v) is 6.33. The number of benzene rings is 1. The predicted octanol–water partition coefficient (Wildman–Crippen LogP) is 3.87. The fourth-order valence-electron chi connectivity index (χ4n) is 2.09. The summed E-state index contributed by atoms with van der Waals surface area (Å²) < 4.78 is 0. The van der Waals surface area contributed by atoms with Crippen molar-refractivity contribution >= 4 is 35.4 Å². The maximum atomic E-state index is 3.54. The van der Waals surface area contributed by atoms with Gasteiger partial charge in [0.2, 0.25) is 0 Å². The molecule has 0 bridgehead atoms. The number of nitrogens with one attached hydrogen (secondary N) is 1. The zero-order valence-electron chi connectivity index (χ0n) is 9.10. The van der Waals surface area contributed by atoms with Crippen molar-refractivity contribution in [2.24, 2.45) is 0 Å². The van der Waals surface area contributed by atoms with Crippen LogP contribution in [0.4, 0.5) is 5.69 Å². The number of thiophene rings is 1. The number of fused-ring (bicyclic) bond motifs is 1. The molecule has 1 nitrogen and oxygen atoms in total. The average Bonchev–Trinajstić information content (AvgIpc) is 2.81. The summed E-state index contributed by atoms with van der Waals surface area (Å²) in [7, 11) is 0. The van der Waals surface area contributed by atoms with Crippen molar-refractivity contribution in [2.75, 3.05) is 5.23 Å². The Labute approximate surface area is 99.9 Å². The highest BCUT2D eigenvalue weighted by atomic mass is 32.1. The summed E-state index contributed by atoms with van der Waals surface area (Å²) in [5.41, 5.74) is 3.90. The second-order valence-electron chi connectivity index (χ2n) is 4.03. The normalized spacial score (nSPS) is 14.1. The van der Waals surface area contributed by atoms with Crippen LogP contribution in [-0.2, 0) is 0 Å². The first-order valence-electron chi connectivity index (χ1n) is 5.45. The van der Waals surface area contributed by atoms with Gasteiger partial charge in [0.1, 0.15) is 0 Å². The molecule has 1 aromatic heterocycles. The van der Waals surface area contributed by atoms with Crippen molar-refractivity contribution < 1.29 is 0 Å². The Kier molecular flexibility index (Phi) is 2.33. The highest BCUT2D eigenvalue weighted by molar-refractivity contribution is 7.13. The molecule has 3 heteroatoms. The van der Waals surface area contributed by atoms with Crippen LogP contribution in [0.2, 0.25) is 6.82 Å². The zero-order valence-corrected chi connectivity index (χ0v) is 9.92. The molecule has 0 saturated carbocycles. The van der Waals surface area contributed by atoms with E-state index in [1.54, 1.807) is 11.3 Å². The van der Waals surface area contributed by atoms with Gasteiger partial charge >= 0.3 is 0 Å². The lowest BCUT2D eigenvalue weighted by Gasteiger charge is -2.22. The van der Waals surface area contributed by atoms with Crippen LogP contribution in [0.5, 0.6) is 0 Å². The van der Waals surface area contributed by atoms with E-state index in [1.165, 1.54) is 21.6 Å². The molecule has 78 valence electrons. The SMILES string of the molecule is CB1Nc2ccccc2C=C1c1cccs1. The number of para-hydroxylation sites is 1. The van der Waals surface area contributed by atoms with Gasteiger partial charge in [-0.15, -0.1) is 11.3 Å². The second-order valence-corrected chi connectivity index (χ2v) is 4.98. The van der Waals surface area contributed by atoms with Gasteiger partial charge in [0, 0.05) is 10.6 Å². The van der Waals surface area contributed by atoms with Crippen LogP contribution < -0.4 is 5.23 Å². The molecule has 1 N–H and O–H groups in total. The van der Waals surface area contributed by atoms with E-state index in [9.17, 15) is 0 Å². The molecule has 0 unspecified atom stereocenters. The number of anilines is 1. The van der Waals surface area contributed by atoms with Crippen LogP contribution in [0.15, 0.2) is 41.8 Å². The van der Waals surface area contributed by atoms with E-state index in [1.807, 2.05) is 0 Å². The molecule has 1 aliphatic heterocycles. The third-order valence-electron chi connectivity index (χ3n) is 2.92. The van der Waals surface area contributed by atoms with Crippen LogP contribution in [0, 0.1) is 0 Å². The summed E-state index contributed by atoms with van der Waals surface area (Å²) in [6, 6.07) is 12.7. The van der Waals surface area contributed by atoms with Gasteiger partial charge in [0.05, 0.1) is 0 Å². The number of hydrogen-bond donors (Lipinski definition) is 1. The van der Waals surface area contributed by atoms with Crippen molar-refractivity contribution in [2.45, 2.75) is 6.82 Å². The van der Waals surface area contributed by atoms with Gasteiger partial charge in [-0.3, -0.25) is 0 Å². The molecular formula is C13H12BNS. The van der Waals surface area contributed by atoms with Crippen LogP contribution in [-0.4, -0.2) is 6.85 Å². The van der Waals surface area contributed by atoms with Gasteiger partial charge < -0.3 is 5.23 Å². The van der Waals surface area contributed by atoms with Crippen LogP contribution in [0.1, 0.15) is 10.4 Å². The molecule has 0 saturated heterocycles. The monoisotopic (exact) mass is 225 g/mol. The minimum Gasteiger partial charge on any atom is -0.424 e. The van der Waals surface area contributed by atoms with E-state index >= 15 is 0 Å². The first kappa shape index (κ1) is 9.73. The van der Waals surface area contributed by atoms with Gasteiger partial charge in [0.25, 0.3) is 6.85 Å². The summed E-state index contributed by atoms with van der Waals surface area (Å²) in [5, 5.41) is 5.66. The Morgan fingerprint density at radius 1 is 1.12 bits per heavy atom. The lowest BCUT2D eigenvalue weighted by molar-refractivity contribution is 1.59. The Morgan fingerprint density at radius 3 is 2.81 bits per heavy atom. The first-order chi connectivity index (χ1) is 7.84. The molecule has 0 fully saturated rings. The Balaban J connectivity index is 2.11. The van der Waals surface area contributed by atoms with E-state index in [4.69, 9.17) is 0 Å². The lowest BCUT2D eigenvalue weighted by atomic mass is 9.55. The van der Waals surface area contributed by atoms with E-state index in [-0.39, 0.29) is 0 Å². The average molecular weight is 225 g/mol. The lowest BCUT2D eigenvalue weighted by Crippen LogP contribution is -2.25. The number of rotatable bonds is 1. The Hall–Kier alpha value is -1.48. The molecule has 0 radical (unpaired) electrons. The molecule has 0 atom stereocenters. The molecule has 1 aliphatic rings. The van der Waals surface area contributed by atoms with Crippen LogP contribution in [0.25, 0.3) is 11.5 Å². The molecule has 2 heterocycles. The predicted molar refractivity (Wildman–Crippen MR) is 73.9 cm³/mol. The van der Waals surface area contributed by atoms with Crippen molar-refractivity contribution in [1.29, 1.82) is 0 Å². The summed E-state index contributed by atoms with van der Waals surface area (Å²) in [4.78, 5) is 1.36. The molecule has 3 rings (SSSR count). The van der Waals surface area contributed by atoms with Gasteiger partial charge in [-0.2, -0.15) is 0 Å². The minimum atomic E-state index is 0.383. The zero-order chi connectivity index (χ0) is 11.0. The maximum Gasteiger partial charge on any atom is 0.284 e. The van der Waals surface area contributed by atoms with Crippen molar-refractivity contribution in [3.63, 3.8) is 0 Å². The standard InChI is InChI=1S/C13H12BNS/c1-14-11(13-7-4-8-16-13)9-10-5-2-3-6-12(10)15-14/h2-9,15H,1H3. The summed E-state index contributed by atoms with van der Waals surface area (Å²) in [6.07, 6.45) is 2.29. The summed E-state index contributed by atoms with van der Waals surface area (Å²) >= 11 is 1.80.